The minimum absolute atomic E-state index is 0.0273. The van der Waals surface area contributed by atoms with Gasteiger partial charge in [0, 0.05) is 13.1 Å². The first-order chi connectivity index (χ1) is 10.2. The first-order valence-electron chi connectivity index (χ1n) is 7.04. The SMILES string of the molecule is CN(C1CCNCC1)S(=O)(=O)c1ccc(CC(F)(F)F)cc1. The summed E-state index contributed by atoms with van der Waals surface area (Å²) in [5, 5.41) is 3.16. The summed E-state index contributed by atoms with van der Waals surface area (Å²) in [7, 11) is -2.15. The fourth-order valence-corrected chi connectivity index (χ4v) is 3.96. The number of halogens is 3. The normalized spacial score (nSPS) is 17.9. The Labute approximate surface area is 128 Å². The van der Waals surface area contributed by atoms with Crippen molar-refractivity contribution < 1.29 is 21.6 Å². The van der Waals surface area contributed by atoms with Gasteiger partial charge in [-0.3, -0.25) is 0 Å². The van der Waals surface area contributed by atoms with Crippen LogP contribution in [0.4, 0.5) is 13.2 Å². The lowest BCUT2D eigenvalue weighted by molar-refractivity contribution is -0.127. The maximum atomic E-state index is 12.5. The van der Waals surface area contributed by atoms with Crippen LogP contribution in [0.2, 0.25) is 0 Å². The zero-order valence-electron chi connectivity index (χ0n) is 12.2. The van der Waals surface area contributed by atoms with Gasteiger partial charge in [0.05, 0.1) is 11.3 Å². The molecule has 8 heteroatoms. The van der Waals surface area contributed by atoms with Crippen LogP contribution in [-0.4, -0.2) is 45.1 Å². The van der Waals surface area contributed by atoms with E-state index in [0.29, 0.717) is 0 Å². The molecule has 0 aliphatic carbocycles. The highest BCUT2D eigenvalue weighted by Gasteiger charge is 2.30. The summed E-state index contributed by atoms with van der Waals surface area (Å²) in [5.41, 5.74) is 0.0518. The van der Waals surface area contributed by atoms with E-state index in [1.54, 1.807) is 0 Å². The molecule has 0 spiro atoms. The average Bonchev–Trinajstić information content (AvgIpc) is 2.46. The molecule has 0 saturated carbocycles. The van der Waals surface area contributed by atoms with Gasteiger partial charge < -0.3 is 5.32 Å². The van der Waals surface area contributed by atoms with Crippen LogP contribution in [0.25, 0.3) is 0 Å². The van der Waals surface area contributed by atoms with Crippen LogP contribution >= 0.6 is 0 Å². The summed E-state index contributed by atoms with van der Waals surface area (Å²) in [6, 6.07) is 4.84. The third-order valence-corrected chi connectivity index (χ3v) is 5.75. The van der Waals surface area contributed by atoms with Crippen molar-refractivity contribution in [2.24, 2.45) is 0 Å². The number of alkyl halides is 3. The van der Waals surface area contributed by atoms with Crippen molar-refractivity contribution in [2.45, 2.75) is 36.4 Å². The van der Waals surface area contributed by atoms with E-state index in [-0.39, 0.29) is 16.5 Å². The quantitative estimate of drug-likeness (QED) is 0.917. The zero-order valence-corrected chi connectivity index (χ0v) is 13.0. The van der Waals surface area contributed by atoms with Gasteiger partial charge in [-0.1, -0.05) is 12.1 Å². The fourth-order valence-electron chi connectivity index (χ4n) is 2.54. The predicted octanol–water partition coefficient (Wildman–Crippen LogP) is 2.16. The Morgan fingerprint density at radius 2 is 1.73 bits per heavy atom. The molecule has 1 N–H and O–H groups in total. The van der Waals surface area contributed by atoms with Crippen molar-refractivity contribution in [2.75, 3.05) is 20.1 Å². The van der Waals surface area contributed by atoms with Crippen LogP contribution < -0.4 is 5.32 Å². The molecule has 0 amide bonds. The average molecular weight is 336 g/mol. The van der Waals surface area contributed by atoms with Crippen molar-refractivity contribution in [1.29, 1.82) is 0 Å². The van der Waals surface area contributed by atoms with E-state index >= 15 is 0 Å². The number of hydrogen-bond acceptors (Lipinski definition) is 3. The predicted molar refractivity (Wildman–Crippen MR) is 77.0 cm³/mol. The third-order valence-electron chi connectivity index (χ3n) is 3.83. The van der Waals surface area contributed by atoms with Gasteiger partial charge in [-0.15, -0.1) is 0 Å². The Balaban J connectivity index is 2.15. The zero-order chi connectivity index (χ0) is 16.4. The lowest BCUT2D eigenvalue weighted by atomic mass is 10.1. The standard InChI is InChI=1S/C14H19F3N2O2S/c1-19(12-6-8-18-9-7-12)22(20,21)13-4-2-11(3-5-13)10-14(15,16)17/h2-5,12,18H,6-10H2,1H3. The van der Waals surface area contributed by atoms with Crippen LogP contribution in [-0.2, 0) is 16.4 Å². The molecule has 1 saturated heterocycles. The Bertz CT molecular complexity index is 594. The van der Waals surface area contributed by atoms with Crippen LogP contribution in [0.1, 0.15) is 18.4 Å². The molecule has 1 aliphatic rings. The maximum absolute atomic E-state index is 12.5. The lowest BCUT2D eigenvalue weighted by Crippen LogP contribution is -2.43. The molecule has 4 nitrogen and oxygen atoms in total. The minimum atomic E-state index is -4.30. The number of sulfonamides is 1. The van der Waals surface area contributed by atoms with Crippen molar-refractivity contribution in [3.63, 3.8) is 0 Å². The highest BCUT2D eigenvalue weighted by Crippen LogP contribution is 2.24. The second kappa shape index (κ2) is 6.55. The van der Waals surface area contributed by atoms with E-state index in [9.17, 15) is 21.6 Å². The summed E-state index contributed by atoms with van der Waals surface area (Å²) in [6.07, 6.45) is -3.91. The Morgan fingerprint density at radius 1 is 1.18 bits per heavy atom. The van der Waals surface area contributed by atoms with E-state index in [4.69, 9.17) is 0 Å². The fraction of sp³-hybridized carbons (Fsp3) is 0.571. The Hall–Kier alpha value is -1.12. The number of hydrogen-bond donors (Lipinski definition) is 1. The Morgan fingerprint density at radius 3 is 2.23 bits per heavy atom. The number of nitrogens with one attached hydrogen (secondary N) is 1. The van der Waals surface area contributed by atoms with Crippen molar-refractivity contribution in [3.8, 4) is 0 Å². The first-order valence-corrected chi connectivity index (χ1v) is 8.48. The highest BCUT2D eigenvalue weighted by molar-refractivity contribution is 7.89. The molecule has 0 aromatic heterocycles. The number of benzene rings is 1. The number of nitrogens with zero attached hydrogens (tertiary/aromatic N) is 1. The molecule has 1 aliphatic heterocycles. The van der Waals surface area contributed by atoms with E-state index in [1.165, 1.54) is 35.6 Å². The van der Waals surface area contributed by atoms with Gasteiger partial charge in [0.2, 0.25) is 10.0 Å². The monoisotopic (exact) mass is 336 g/mol. The van der Waals surface area contributed by atoms with Gasteiger partial charge in [-0.2, -0.15) is 17.5 Å². The second-order valence-corrected chi connectivity index (χ2v) is 7.44. The number of piperidine rings is 1. The minimum Gasteiger partial charge on any atom is -0.317 e. The summed E-state index contributed by atoms with van der Waals surface area (Å²) in [6.45, 7) is 1.52. The van der Waals surface area contributed by atoms with Crippen LogP contribution in [0, 0.1) is 0 Å². The summed E-state index contributed by atoms with van der Waals surface area (Å²) >= 11 is 0. The van der Waals surface area contributed by atoms with E-state index in [0.717, 1.165) is 25.9 Å². The van der Waals surface area contributed by atoms with Crippen molar-refractivity contribution in [3.05, 3.63) is 29.8 Å². The molecule has 1 aromatic carbocycles. The molecule has 1 fully saturated rings. The third kappa shape index (κ3) is 4.21. The van der Waals surface area contributed by atoms with Crippen LogP contribution in [0.5, 0.6) is 0 Å². The van der Waals surface area contributed by atoms with Crippen molar-refractivity contribution >= 4 is 10.0 Å². The van der Waals surface area contributed by atoms with Crippen LogP contribution in [0.15, 0.2) is 29.2 Å². The van der Waals surface area contributed by atoms with Gasteiger partial charge in [0.15, 0.2) is 0 Å². The molecule has 124 valence electrons. The van der Waals surface area contributed by atoms with Crippen LogP contribution in [0.3, 0.4) is 0 Å². The Kier molecular flexibility index (Phi) is 5.14. The highest BCUT2D eigenvalue weighted by atomic mass is 32.2. The van der Waals surface area contributed by atoms with Crippen molar-refractivity contribution in [1.82, 2.24) is 9.62 Å². The maximum Gasteiger partial charge on any atom is 0.393 e. The van der Waals surface area contributed by atoms with Gasteiger partial charge in [0.1, 0.15) is 0 Å². The van der Waals surface area contributed by atoms with E-state index in [1.807, 2.05) is 0 Å². The van der Waals surface area contributed by atoms with Gasteiger partial charge in [-0.25, -0.2) is 8.42 Å². The summed E-state index contributed by atoms with van der Waals surface area (Å²) in [5.74, 6) is 0. The lowest BCUT2D eigenvalue weighted by Gasteiger charge is -2.30. The van der Waals surface area contributed by atoms with Gasteiger partial charge in [-0.05, 0) is 43.6 Å². The molecule has 0 atom stereocenters. The smallest absolute Gasteiger partial charge is 0.317 e. The molecular weight excluding hydrogens is 317 g/mol. The largest absolute Gasteiger partial charge is 0.393 e. The summed E-state index contributed by atoms with van der Waals surface area (Å²) in [4.78, 5) is 0.0273. The van der Waals surface area contributed by atoms with E-state index < -0.39 is 22.6 Å². The second-order valence-electron chi connectivity index (χ2n) is 5.44. The van der Waals surface area contributed by atoms with Gasteiger partial charge in [0.25, 0.3) is 0 Å². The summed E-state index contributed by atoms with van der Waals surface area (Å²) < 4.78 is 63.3. The first kappa shape index (κ1) is 17.2. The molecule has 0 unspecified atom stereocenters. The number of rotatable bonds is 4. The molecule has 0 bridgehead atoms. The molecule has 0 radical (unpaired) electrons. The molecule has 1 heterocycles. The molecular formula is C14H19F3N2O2S. The van der Waals surface area contributed by atoms with Gasteiger partial charge >= 0.3 is 6.18 Å². The topological polar surface area (TPSA) is 49.4 Å². The van der Waals surface area contributed by atoms with E-state index in [2.05, 4.69) is 5.32 Å². The molecule has 2 rings (SSSR count). The molecule has 22 heavy (non-hydrogen) atoms. The molecule has 1 aromatic rings.